The van der Waals surface area contributed by atoms with Crippen LogP contribution in [0.4, 0.5) is 4.39 Å². The summed E-state index contributed by atoms with van der Waals surface area (Å²) in [5.74, 6) is 0.497. The molecule has 0 aliphatic carbocycles. The molecule has 3 rings (SSSR count). The van der Waals surface area contributed by atoms with Crippen LogP contribution in [0.15, 0.2) is 23.0 Å². The maximum absolute atomic E-state index is 13.3. The summed E-state index contributed by atoms with van der Waals surface area (Å²) in [6, 6.07) is 4.06. The van der Waals surface area contributed by atoms with E-state index in [0.717, 1.165) is 12.8 Å². The molecule has 7 heteroatoms. The second-order valence-corrected chi connectivity index (χ2v) is 6.49. The Morgan fingerprint density at radius 2 is 2.08 bits per heavy atom. The largest absolute Gasteiger partial charge is 0.375 e. The standard InChI is InChI=1S/C18H22FN3O3/c1-12-20-16-9-14(19)3-4-15(16)18(24)22(12)10-13-5-7-21(8-6-13)17(23)11-25-2/h3-4,9,13H,5-8,10-11H2,1-2H3. The lowest BCUT2D eigenvalue weighted by atomic mass is 9.96. The van der Waals surface area contributed by atoms with E-state index in [1.807, 2.05) is 0 Å². The summed E-state index contributed by atoms with van der Waals surface area (Å²) in [6.07, 6.45) is 1.67. The molecule has 25 heavy (non-hydrogen) atoms. The number of nitrogens with zero attached hydrogens (tertiary/aromatic N) is 3. The van der Waals surface area contributed by atoms with Crippen LogP contribution in [0.5, 0.6) is 0 Å². The van der Waals surface area contributed by atoms with Crippen LogP contribution in [0.1, 0.15) is 18.7 Å². The molecule has 1 aromatic heterocycles. The van der Waals surface area contributed by atoms with Crippen molar-refractivity contribution >= 4 is 16.8 Å². The molecule has 1 saturated heterocycles. The summed E-state index contributed by atoms with van der Waals surface area (Å²) >= 11 is 0. The first-order valence-corrected chi connectivity index (χ1v) is 8.43. The molecule has 2 heterocycles. The first kappa shape index (κ1) is 17.5. The Bertz CT molecular complexity index is 841. The van der Waals surface area contributed by atoms with Crippen molar-refractivity contribution < 1.29 is 13.9 Å². The van der Waals surface area contributed by atoms with Gasteiger partial charge in [0.25, 0.3) is 5.56 Å². The van der Waals surface area contributed by atoms with Crippen LogP contribution < -0.4 is 5.56 Å². The molecule has 2 aromatic rings. The van der Waals surface area contributed by atoms with Crippen molar-refractivity contribution in [3.05, 3.63) is 40.2 Å². The van der Waals surface area contributed by atoms with Crippen LogP contribution in [0.2, 0.25) is 0 Å². The number of carbonyl (C=O) groups is 1. The Morgan fingerprint density at radius 3 is 2.76 bits per heavy atom. The predicted molar refractivity (Wildman–Crippen MR) is 91.9 cm³/mol. The van der Waals surface area contributed by atoms with E-state index in [2.05, 4.69) is 4.98 Å². The van der Waals surface area contributed by atoms with E-state index < -0.39 is 5.82 Å². The average molecular weight is 347 g/mol. The fourth-order valence-electron chi connectivity index (χ4n) is 3.36. The van der Waals surface area contributed by atoms with Gasteiger partial charge in [0.2, 0.25) is 5.91 Å². The molecule has 1 fully saturated rings. The Kier molecular flexibility index (Phi) is 5.13. The Morgan fingerprint density at radius 1 is 1.36 bits per heavy atom. The van der Waals surface area contributed by atoms with Crippen molar-refractivity contribution in [2.45, 2.75) is 26.3 Å². The lowest BCUT2D eigenvalue weighted by Crippen LogP contribution is -2.41. The highest BCUT2D eigenvalue weighted by Gasteiger charge is 2.24. The van der Waals surface area contributed by atoms with E-state index in [9.17, 15) is 14.0 Å². The SMILES string of the molecule is COCC(=O)N1CCC(Cn2c(C)nc3cc(F)ccc3c2=O)CC1. The molecule has 0 unspecified atom stereocenters. The molecule has 0 radical (unpaired) electrons. The first-order valence-electron chi connectivity index (χ1n) is 8.43. The minimum Gasteiger partial charge on any atom is -0.375 e. The number of benzene rings is 1. The maximum Gasteiger partial charge on any atom is 0.261 e. The van der Waals surface area contributed by atoms with Crippen LogP contribution in [0.3, 0.4) is 0 Å². The first-order chi connectivity index (χ1) is 12.0. The predicted octanol–water partition coefficient (Wildman–Crippen LogP) is 1.73. The quantitative estimate of drug-likeness (QED) is 0.845. The van der Waals surface area contributed by atoms with E-state index in [1.54, 1.807) is 16.4 Å². The smallest absolute Gasteiger partial charge is 0.261 e. The second kappa shape index (κ2) is 7.31. The van der Waals surface area contributed by atoms with Gasteiger partial charge < -0.3 is 9.64 Å². The van der Waals surface area contributed by atoms with E-state index >= 15 is 0 Å². The maximum atomic E-state index is 13.3. The van der Waals surface area contributed by atoms with Crippen molar-refractivity contribution in [2.75, 3.05) is 26.8 Å². The summed E-state index contributed by atoms with van der Waals surface area (Å²) in [4.78, 5) is 30.7. The summed E-state index contributed by atoms with van der Waals surface area (Å²) in [7, 11) is 1.51. The van der Waals surface area contributed by atoms with Crippen LogP contribution in [-0.4, -0.2) is 47.2 Å². The highest BCUT2D eigenvalue weighted by Crippen LogP contribution is 2.20. The van der Waals surface area contributed by atoms with E-state index in [-0.39, 0.29) is 18.1 Å². The zero-order chi connectivity index (χ0) is 18.0. The molecule has 0 spiro atoms. The minimum atomic E-state index is -0.398. The molecule has 0 bridgehead atoms. The molecule has 0 saturated carbocycles. The fourth-order valence-corrected chi connectivity index (χ4v) is 3.36. The van der Waals surface area contributed by atoms with Crippen LogP contribution in [0, 0.1) is 18.7 Å². The van der Waals surface area contributed by atoms with E-state index in [0.29, 0.717) is 42.3 Å². The van der Waals surface area contributed by atoms with Crippen LogP contribution in [0.25, 0.3) is 10.9 Å². The lowest BCUT2D eigenvalue weighted by Gasteiger charge is -2.32. The van der Waals surface area contributed by atoms with Crippen molar-refractivity contribution in [3.8, 4) is 0 Å². The molecule has 6 nitrogen and oxygen atoms in total. The third kappa shape index (κ3) is 3.71. The van der Waals surface area contributed by atoms with Gasteiger partial charge in [-0.05, 0) is 37.8 Å². The van der Waals surface area contributed by atoms with Gasteiger partial charge >= 0.3 is 0 Å². The number of fused-ring (bicyclic) bond motifs is 1. The van der Waals surface area contributed by atoms with Gasteiger partial charge in [-0.25, -0.2) is 9.37 Å². The molecule has 0 atom stereocenters. The number of hydrogen-bond acceptors (Lipinski definition) is 4. The number of halogens is 1. The number of carbonyl (C=O) groups excluding carboxylic acids is 1. The zero-order valence-electron chi connectivity index (χ0n) is 14.5. The van der Waals surface area contributed by atoms with Crippen molar-refractivity contribution in [1.82, 2.24) is 14.5 Å². The van der Waals surface area contributed by atoms with Gasteiger partial charge in [0.15, 0.2) is 0 Å². The van der Waals surface area contributed by atoms with Gasteiger partial charge in [-0.15, -0.1) is 0 Å². The van der Waals surface area contributed by atoms with Crippen molar-refractivity contribution in [3.63, 3.8) is 0 Å². The summed E-state index contributed by atoms with van der Waals surface area (Å²) in [5, 5.41) is 0.430. The number of methoxy groups -OCH3 is 1. The van der Waals surface area contributed by atoms with Crippen molar-refractivity contribution in [1.29, 1.82) is 0 Å². The zero-order valence-corrected chi connectivity index (χ0v) is 14.5. The number of aryl methyl sites for hydroxylation is 1. The number of rotatable bonds is 4. The fraction of sp³-hybridized carbons (Fsp3) is 0.500. The Hall–Kier alpha value is -2.28. The van der Waals surface area contributed by atoms with E-state index in [4.69, 9.17) is 4.74 Å². The number of hydrogen-bond donors (Lipinski definition) is 0. The molecule has 1 aromatic carbocycles. The highest BCUT2D eigenvalue weighted by atomic mass is 19.1. The number of amides is 1. The van der Waals surface area contributed by atoms with Gasteiger partial charge in [0, 0.05) is 32.8 Å². The van der Waals surface area contributed by atoms with Gasteiger partial charge in [0.1, 0.15) is 18.2 Å². The highest BCUT2D eigenvalue weighted by molar-refractivity contribution is 5.78. The molecular weight excluding hydrogens is 325 g/mol. The average Bonchev–Trinajstić information content (AvgIpc) is 2.59. The number of piperidine rings is 1. The third-order valence-corrected chi connectivity index (χ3v) is 4.78. The number of aromatic nitrogens is 2. The summed E-state index contributed by atoms with van der Waals surface area (Å²) in [6.45, 7) is 3.79. The molecule has 0 N–H and O–H groups in total. The van der Waals surface area contributed by atoms with E-state index in [1.165, 1.54) is 25.3 Å². The Balaban J connectivity index is 1.75. The van der Waals surface area contributed by atoms with Gasteiger partial charge in [-0.2, -0.15) is 0 Å². The Labute approximate surface area is 145 Å². The minimum absolute atomic E-state index is 0.00342. The molecule has 1 aliphatic rings. The molecule has 1 amide bonds. The molecule has 134 valence electrons. The van der Waals surface area contributed by atoms with Crippen LogP contribution in [-0.2, 0) is 16.1 Å². The third-order valence-electron chi connectivity index (χ3n) is 4.78. The monoisotopic (exact) mass is 347 g/mol. The second-order valence-electron chi connectivity index (χ2n) is 6.49. The number of likely N-dealkylation sites (tertiary alicyclic amines) is 1. The van der Waals surface area contributed by atoms with Gasteiger partial charge in [-0.1, -0.05) is 0 Å². The normalized spacial score (nSPS) is 15.7. The van der Waals surface area contributed by atoms with Crippen LogP contribution >= 0.6 is 0 Å². The summed E-state index contributed by atoms with van der Waals surface area (Å²) < 4.78 is 19.9. The van der Waals surface area contributed by atoms with Gasteiger partial charge in [-0.3, -0.25) is 14.2 Å². The molecular formula is C18H22FN3O3. The molecule has 1 aliphatic heterocycles. The van der Waals surface area contributed by atoms with Gasteiger partial charge in [0.05, 0.1) is 10.9 Å². The number of ether oxygens (including phenoxy) is 1. The lowest BCUT2D eigenvalue weighted by molar-refractivity contribution is -0.136. The topological polar surface area (TPSA) is 64.4 Å². The summed E-state index contributed by atoms with van der Waals surface area (Å²) in [5.41, 5.74) is 0.249. The van der Waals surface area contributed by atoms with Crippen molar-refractivity contribution in [2.24, 2.45) is 5.92 Å².